The van der Waals surface area contributed by atoms with Gasteiger partial charge in [0.25, 0.3) is 0 Å². The van der Waals surface area contributed by atoms with Crippen molar-refractivity contribution in [2.45, 2.75) is 117 Å². The first-order chi connectivity index (χ1) is 33.2. The van der Waals surface area contributed by atoms with E-state index >= 15 is 0 Å². The zero-order valence-corrected chi connectivity index (χ0v) is 56.4. The molecule has 26 heteroatoms. The molecule has 0 amide bonds. The third-order valence-corrected chi connectivity index (χ3v) is 11.9. The van der Waals surface area contributed by atoms with Crippen LogP contribution in [-0.4, -0.2) is 212 Å². The zero-order chi connectivity index (χ0) is 54.4. The summed E-state index contributed by atoms with van der Waals surface area (Å²) in [5.41, 5.74) is 0.807. The predicted molar refractivity (Wildman–Crippen MR) is 295 cm³/mol. The van der Waals surface area contributed by atoms with Gasteiger partial charge >= 0.3 is 89.4 Å². The molecule has 0 aromatic carbocycles. The van der Waals surface area contributed by atoms with Crippen LogP contribution in [0.15, 0.2) is 12.3 Å². The summed E-state index contributed by atoms with van der Waals surface area (Å²) in [6, 6.07) is 3.69. The van der Waals surface area contributed by atoms with Gasteiger partial charge in [-0.25, -0.2) is 0 Å². The third kappa shape index (κ3) is 52.3. The molecule has 4 atom stereocenters. The van der Waals surface area contributed by atoms with Crippen molar-refractivity contribution in [2.24, 2.45) is 0 Å². The van der Waals surface area contributed by atoms with Gasteiger partial charge in [0, 0.05) is 24.2 Å². The summed E-state index contributed by atoms with van der Waals surface area (Å²) >= 11 is 43.0. The standard InChI is InChI=1S/C13H27N3S2.C11H23N3S2.C10H21N2S2.C9H21N2S2.4O.4Tc/c1-11(2)16-7-3-12(14-5-9-17)13(4-8-16)15-6-10-18;1-9(2)14-7-10(12-3-5-15)11(8-14)13-4-6-16;1-9(2)12(6-7-13)5-4-11-10(3)8-14;1-9(2)11(6-8-13)5-3-10-4-7-12;;;;;;;;/h11-13,17-18H,3-10H2,1-2H3;9-11,15-16H,3-8H2,1-2H3;9,13-14H,3-8H2,1-2H3;9,12-13H,3-8H2,1-2H3;;;;;;;;/q2*-2;2*-1;;;;;4*+4/p-8/t12-,13-;10-,11-;;;;;;;;;;/m11........../s1. The van der Waals surface area contributed by atoms with Crippen LogP contribution in [0, 0.1) is 0 Å². The molecule has 14 nitrogen and oxygen atoms in total. The normalized spacial score (nSPS) is 17.9. The summed E-state index contributed by atoms with van der Waals surface area (Å²) in [6.07, 6.45) is 2.22. The van der Waals surface area contributed by atoms with E-state index in [1.807, 2.05) is 0 Å². The molecule has 0 radical (unpaired) electrons. The Hall–Kier alpha value is 3.78. The molecule has 0 aliphatic carbocycles. The minimum absolute atomic E-state index is 0.340. The first-order valence-corrected chi connectivity index (χ1v) is 30.7. The summed E-state index contributed by atoms with van der Waals surface area (Å²) < 4.78 is 32.9. The Balaban J connectivity index is -0.000000184. The Bertz CT molecular complexity index is 1030. The maximum atomic E-state index is 8.22. The molecule has 2 aliphatic heterocycles. The second-order valence-electron chi connectivity index (χ2n) is 16.1. The number of hydrogen-bond donors (Lipinski definition) is 0. The number of nitrogens with zero attached hydrogens (tertiary/aromatic N) is 10. The topological polar surface area (TPSA) is 166 Å². The molecule has 69 heavy (non-hydrogen) atoms. The van der Waals surface area contributed by atoms with Gasteiger partial charge in [0.15, 0.2) is 0 Å². The average molecular weight is 1450 g/mol. The molecule has 404 valence electrons. The molecule has 0 N–H and O–H groups in total. The zero-order valence-electron chi connectivity index (χ0n) is 42.4. The molecular formula is C43H84N10O4S8Tc4+2. The summed E-state index contributed by atoms with van der Waals surface area (Å²) in [5, 5.41) is 27.3. The third-order valence-electron chi connectivity index (χ3n) is 10.3. The molecular weight excluding hydrogens is 1370 g/mol. The fourth-order valence-corrected chi connectivity index (χ4v) is 7.85. The van der Waals surface area contributed by atoms with E-state index in [4.69, 9.17) is 126 Å². The average Bonchev–Trinajstić information content (AvgIpc) is 3.67. The predicted octanol–water partition coefficient (Wildman–Crippen LogP) is 5.71. The van der Waals surface area contributed by atoms with Gasteiger partial charge in [-0.15, -0.1) is 31.8 Å². The maximum absolute atomic E-state index is 8.22. The van der Waals surface area contributed by atoms with Gasteiger partial charge in [0.1, 0.15) is 0 Å². The van der Waals surface area contributed by atoms with Gasteiger partial charge < -0.3 is 153 Å². The van der Waals surface area contributed by atoms with Crippen LogP contribution in [0.2, 0.25) is 0 Å². The van der Waals surface area contributed by atoms with Crippen LogP contribution >= 0.6 is 0 Å². The molecule has 2 fully saturated rings. The summed E-state index contributed by atoms with van der Waals surface area (Å²) in [5.74, 6) is 5.72. The van der Waals surface area contributed by atoms with Crippen molar-refractivity contribution < 1.29 is 89.4 Å². The van der Waals surface area contributed by atoms with E-state index in [-0.39, 0.29) is 0 Å². The Morgan fingerprint density at radius 2 is 0.812 bits per heavy atom. The van der Waals surface area contributed by atoms with Crippen LogP contribution in [-0.2, 0) is 190 Å². The van der Waals surface area contributed by atoms with E-state index in [1.54, 1.807) is 0 Å². The molecule has 2 heterocycles. The minimum atomic E-state index is 0.340. The fraction of sp³-hybridized carbons (Fsp3) is 0.953. The second-order valence-corrected chi connectivity index (χ2v) is 19.2. The quantitative estimate of drug-likeness (QED) is 0.0634. The molecule has 0 aromatic heterocycles. The SMILES string of the molecule is C=C(C[S-])[N-]CCN(CC[S-])C(C)C.CC(C)N(CC[S-])CC[N-]CC[S-].CC(C)N1CC[C@@H]([N-]CC[S-])[C@H]([N-]CC[S-])CC1.CC(C)N1C[C@@H]([N-]CC[S-])[C@H]([N-]CC[S-])C1.[O]=[Tc+4].[O]=[Tc+4].[O]=[Tc+4].[O]=[Tc+4]. The molecule has 2 rings (SSSR count). The van der Waals surface area contributed by atoms with Gasteiger partial charge in [-0.2, -0.15) is 96.5 Å². The van der Waals surface area contributed by atoms with E-state index in [0.717, 1.165) is 221 Å². The van der Waals surface area contributed by atoms with Crippen LogP contribution < -0.4 is 0 Å². The second kappa shape index (κ2) is 66.1. The molecule has 2 aliphatic rings. The van der Waals surface area contributed by atoms with Crippen LogP contribution in [0.4, 0.5) is 0 Å². The van der Waals surface area contributed by atoms with Crippen molar-refractivity contribution in [3.8, 4) is 0 Å². The Labute approximate surface area is 509 Å². The van der Waals surface area contributed by atoms with E-state index in [2.05, 4.69) is 103 Å². The van der Waals surface area contributed by atoms with Crippen LogP contribution in [0.1, 0.15) is 68.2 Å². The monoisotopic (exact) mass is 1450 g/mol. The van der Waals surface area contributed by atoms with Crippen LogP contribution in [0.25, 0.3) is 31.9 Å². The van der Waals surface area contributed by atoms with Crippen molar-refractivity contribution in [3.63, 3.8) is 0 Å². The van der Waals surface area contributed by atoms with Crippen molar-refractivity contribution in [1.29, 1.82) is 0 Å². The summed E-state index contributed by atoms with van der Waals surface area (Å²) in [6.45, 7) is 35.3. The van der Waals surface area contributed by atoms with Gasteiger partial charge in [-0.3, -0.25) is 0 Å². The van der Waals surface area contributed by atoms with Crippen LogP contribution in [0.5, 0.6) is 0 Å². The van der Waals surface area contributed by atoms with E-state index in [1.165, 1.54) is 0 Å². The van der Waals surface area contributed by atoms with Gasteiger partial charge in [0.05, 0.1) is 0 Å². The molecule has 0 unspecified atom stereocenters. The van der Waals surface area contributed by atoms with E-state index in [9.17, 15) is 0 Å². The molecule has 0 spiro atoms. The van der Waals surface area contributed by atoms with Crippen molar-refractivity contribution >= 4 is 101 Å². The van der Waals surface area contributed by atoms with Crippen molar-refractivity contribution in [2.75, 3.05) is 144 Å². The van der Waals surface area contributed by atoms with E-state index in [0.29, 0.717) is 65.6 Å². The number of hydrogen-bond acceptors (Lipinski definition) is 16. The Morgan fingerprint density at radius 1 is 0.478 bits per heavy atom. The van der Waals surface area contributed by atoms with Crippen molar-refractivity contribution in [3.05, 3.63) is 44.2 Å². The van der Waals surface area contributed by atoms with Crippen molar-refractivity contribution in [1.82, 2.24) is 19.6 Å². The summed E-state index contributed by atoms with van der Waals surface area (Å²) in [4.78, 5) is 9.65. The molecule has 2 saturated heterocycles. The van der Waals surface area contributed by atoms with Gasteiger partial charge in [-0.1, -0.05) is 12.8 Å². The first kappa shape index (κ1) is 84.1. The summed E-state index contributed by atoms with van der Waals surface area (Å²) in [7, 11) is 0. The number of likely N-dealkylation sites (tertiary alicyclic amines) is 2. The van der Waals surface area contributed by atoms with Gasteiger partial charge in [0.2, 0.25) is 0 Å². The molecule has 0 saturated carbocycles. The fourth-order valence-electron chi connectivity index (χ4n) is 6.74. The van der Waals surface area contributed by atoms with Crippen LogP contribution in [0.3, 0.4) is 0 Å². The first-order valence-electron chi connectivity index (χ1n) is 23.1. The Kier molecular flexibility index (Phi) is 80.5. The Morgan fingerprint density at radius 3 is 1.10 bits per heavy atom. The molecule has 0 aromatic rings. The number of rotatable bonds is 30. The van der Waals surface area contributed by atoms with Gasteiger partial charge in [-0.05, 0) is 108 Å². The van der Waals surface area contributed by atoms with E-state index < -0.39 is 0 Å². The molecule has 0 bridgehead atoms.